The normalized spacial score (nSPS) is 16.0. The Morgan fingerprint density at radius 3 is 2.00 bits per heavy atom. The van der Waals surface area contributed by atoms with Crippen LogP contribution in [0, 0.1) is 0 Å². The van der Waals surface area contributed by atoms with Gasteiger partial charge in [0, 0.05) is 28.8 Å². The number of aromatic hydroxyl groups is 2. The van der Waals surface area contributed by atoms with Crippen molar-refractivity contribution in [3.63, 3.8) is 0 Å². The van der Waals surface area contributed by atoms with Crippen molar-refractivity contribution in [1.29, 1.82) is 0 Å². The number of fused-ring (bicyclic) bond motifs is 4. The third-order valence-corrected chi connectivity index (χ3v) is 4.58. The number of hydrogen-bond acceptors (Lipinski definition) is 5. The van der Waals surface area contributed by atoms with E-state index in [9.17, 15) is 15.0 Å². The molecule has 0 saturated carbocycles. The summed E-state index contributed by atoms with van der Waals surface area (Å²) in [6.07, 6.45) is 5.10. The van der Waals surface area contributed by atoms with Gasteiger partial charge in [-0.2, -0.15) is 0 Å². The van der Waals surface area contributed by atoms with Gasteiger partial charge in [-0.25, -0.2) is 4.79 Å². The molecule has 2 aliphatic rings. The number of benzene rings is 2. The number of phenolic OH excluding ortho intramolecular Hbond substituents is 2. The standard InChI is InChI=1S/C21H16O5.C2H6/c1-3-5-15-14(4-2)20(24)26-21(15)16-8-6-12(22)10-18(16)25-19-11-13(23)7-9-17(19)21;1-2/h3-11,22-23H,2H2,1H3;1-2H3/b5-3-;. The summed E-state index contributed by atoms with van der Waals surface area (Å²) >= 11 is 0. The maximum absolute atomic E-state index is 12.6. The fourth-order valence-electron chi connectivity index (χ4n) is 3.55. The van der Waals surface area contributed by atoms with Crippen LogP contribution in [0.3, 0.4) is 0 Å². The number of carbonyl (C=O) groups is 1. The SMILES string of the molecule is C=CC1=C(/C=C\C)C2(OC1=O)c1ccc(O)cc1Oc1cc(O)ccc12.CC. The quantitative estimate of drug-likeness (QED) is 0.712. The van der Waals surface area contributed by atoms with Gasteiger partial charge >= 0.3 is 5.97 Å². The summed E-state index contributed by atoms with van der Waals surface area (Å²) in [6.45, 7) is 9.59. The molecule has 2 aromatic carbocycles. The summed E-state index contributed by atoms with van der Waals surface area (Å²) in [5.74, 6) is 0.249. The third kappa shape index (κ3) is 2.67. The summed E-state index contributed by atoms with van der Waals surface area (Å²) < 4.78 is 11.8. The molecule has 0 radical (unpaired) electrons. The molecule has 5 heteroatoms. The zero-order valence-electron chi connectivity index (χ0n) is 16.0. The van der Waals surface area contributed by atoms with Crippen LogP contribution >= 0.6 is 0 Å². The largest absolute Gasteiger partial charge is 0.508 e. The smallest absolute Gasteiger partial charge is 0.340 e. The van der Waals surface area contributed by atoms with Gasteiger partial charge in [0.25, 0.3) is 0 Å². The van der Waals surface area contributed by atoms with Gasteiger partial charge in [-0.3, -0.25) is 0 Å². The highest BCUT2D eigenvalue weighted by Crippen LogP contribution is 2.57. The first-order valence-electron chi connectivity index (χ1n) is 9.09. The maximum Gasteiger partial charge on any atom is 0.340 e. The summed E-state index contributed by atoms with van der Waals surface area (Å²) in [7, 11) is 0. The van der Waals surface area contributed by atoms with Gasteiger partial charge in [-0.05, 0) is 31.2 Å². The van der Waals surface area contributed by atoms with E-state index in [1.54, 1.807) is 18.2 Å². The second kappa shape index (κ2) is 7.27. The minimum atomic E-state index is -1.24. The molecular formula is C23H22O5. The van der Waals surface area contributed by atoms with Crippen molar-refractivity contribution in [3.05, 3.63) is 83.5 Å². The molecule has 0 aromatic heterocycles. The van der Waals surface area contributed by atoms with Crippen LogP contribution in [0.15, 0.2) is 72.4 Å². The Hall–Kier alpha value is -3.47. The molecule has 144 valence electrons. The molecule has 2 heterocycles. The number of ether oxygens (including phenoxy) is 2. The number of rotatable bonds is 2. The average Bonchev–Trinajstić information content (AvgIpc) is 2.95. The monoisotopic (exact) mass is 378 g/mol. The van der Waals surface area contributed by atoms with Gasteiger partial charge in [0.1, 0.15) is 23.0 Å². The molecule has 4 rings (SSSR count). The Balaban J connectivity index is 0.00000109. The zero-order valence-corrected chi connectivity index (χ0v) is 16.0. The van der Waals surface area contributed by atoms with E-state index in [1.165, 1.54) is 30.3 Å². The van der Waals surface area contributed by atoms with Crippen LogP contribution in [0.4, 0.5) is 0 Å². The molecule has 5 nitrogen and oxygen atoms in total. The lowest BCUT2D eigenvalue weighted by atomic mass is 9.77. The molecule has 2 aliphatic heterocycles. The van der Waals surface area contributed by atoms with E-state index in [0.717, 1.165) is 0 Å². The predicted molar refractivity (Wildman–Crippen MR) is 107 cm³/mol. The van der Waals surface area contributed by atoms with E-state index in [1.807, 2.05) is 26.8 Å². The number of phenols is 2. The topological polar surface area (TPSA) is 76.0 Å². The van der Waals surface area contributed by atoms with Gasteiger partial charge < -0.3 is 19.7 Å². The molecule has 0 fully saturated rings. The van der Waals surface area contributed by atoms with Crippen LogP contribution in [-0.4, -0.2) is 16.2 Å². The van der Waals surface area contributed by atoms with Crippen molar-refractivity contribution in [2.75, 3.05) is 0 Å². The van der Waals surface area contributed by atoms with E-state index in [2.05, 4.69) is 6.58 Å². The Kier molecular flexibility index (Phi) is 5.01. The Morgan fingerprint density at radius 2 is 1.54 bits per heavy atom. The summed E-state index contributed by atoms with van der Waals surface area (Å²) in [5, 5.41) is 19.7. The Morgan fingerprint density at radius 1 is 1.00 bits per heavy atom. The molecule has 1 spiro atoms. The van der Waals surface area contributed by atoms with Crippen molar-refractivity contribution >= 4 is 5.97 Å². The van der Waals surface area contributed by atoms with Crippen LogP contribution < -0.4 is 4.74 Å². The molecule has 0 aliphatic carbocycles. The molecule has 28 heavy (non-hydrogen) atoms. The van der Waals surface area contributed by atoms with Crippen molar-refractivity contribution in [2.24, 2.45) is 0 Å². The predicted octanol–water partition coefficient (Wildman–Crippen LogP) is 5.09. The highest BCUT2D eigenvalue weighted by molar-refractivity contribution is 5.98. The number of hydrogen-bond donors (Lipinski definition) is 2. The Bertz CT molecular complexity index is 962. The van der Waals surface area contributed by atoms with E-state index < -0.39 is 11.6 Å². The molecule has 0 saturated heterocycles. The van der Waals surface area contributed by atoms with Gasteiger partial charge in [0.15, 0.2) is 5.60 Å². The van der Waals surface area contributed by atoms with E-state index in [0.29, 0.717) is 33.8 Å². The fraction of sp³-hybridized carbons (Fsp3) is 0.174. The number of carbonyl (C=O) groups excluding carboxylic acids is 1. The summed E-state index contributed by atoms with van der Waals surface area (Å²) in [6, 6.07) is 9.28. The lowest BCUT2D eigenvalue weighted by molar-refractivity contribution is -0.144. The molecule has 2 aromatic rings. The van der Waals surface area contributed by atoms with Crippen molar-refractivity contribution in [2.45, 2.75) is 26.4 Å². The first-order valence-corrected chi connectivity index (χ1v) is 9.09. The maximum atomic E-state index is 12.6. The molecular weight excluding hydrogens is 356 g/mol. The minimum Gasteiger partial charge on any atom is -0.508 e. The minimum absolute atomic E-state index is 0.0207. The van der Waals surface area contributed by atoms with E-state index in [-0.39, 0.29) is 11.5 Å². The summed E-state index contributed by atoms with van der Waals surface area (Å²) in [4.78, 5) is 12.6. The fourth-order valence-corrected chi connectivity index (χ4v) is 3.55. The van der Waals surface area contributed by atoms with Crippen LogP contribution in [-0.2, 0) is 15.1 Å². The van der Waals surface area contributed by atoms with Gasteiger partial charge in [0.05, 0.1) is 5.57 Å². The molecule has 2 N–H and O–H groups in total. The highest BCUT2D eigenvalue weighted by Gasteiger charge is 2.53. The zero-order chi connectivity index (χ0) is 20.5. The first kappa shape index (κ1) is 19.3. The van der Waals surface area contributed by atoms with Crippen LogP contribution in [0.5, 0.6) is 23.0 Å². The van der Waals surface area contributed by atoms with Gasteiger partial charge in [0.2, 0.25) is 0 Å². The highest BCUT2D eigenvalue weighted by atomic mass is 16.6. The number of esters is 1. The molecule has 0 atom stereocenters. The van der Waals surface area contributed by atoms with Crippen LogP contribution in [0.2, 0.25) is 0 Å². The molecule has 0 unspecified atom stereocenters. The van der Waals surface area contributed by atoms with Crippen LogP contribution in [0.25, 0.3) is 0 Å². The number of allylic oxidation sites excluding steroid dienone is 1. The lowest BCUT2D eigenvalue weighted by Crippen LogP contribution is -2.33. The van der Waals surface area contributed by atoms with Crippen molar-refractivity contribution in [3.8, 4) is 23.0 Å². The second-order valence-electron chi connectivity index (χ2n) is 6.07. The lowest BCUT2D eigenvalue weighted by Gasteiger charge is -2.37. The van der Waals surface area contributed by atoms with Crippen LogP contribution in [0.1, 0.15) is 31.9 Å². The Labute approximate surface area is 163 Å². The average molecular weight is 378 g/mol. The second-order valence-corrected chi connectivity index (χ2v) is 6.07. The molecule has 0 amide bonds. The van der Waals surface area contributed by atoms with E-state index >= 15 is 0 Å². The van der Waals surface area contributed by atoms with E-state index in [4.69, 9.17) is 9.47 Å². The third-order valence-electron chi connectivity index (χ3n) is 4.58. The first-order chi connectivity index (χ1) is 13.5. The van der Waals surface area contributed by atoms with Crippen molar-refractivity contribution in [1.82, 2.24) is 0 Å². The molecule has 0 bridgehead atoms. The summed E-state index contributed by atoms with van der Waals surface area (Å²) in [5.41, 5.74) is 0.932. The van der Waals surface area contributed by atoms with Crippen molar-refractivity contribution < 1.29 is 24.5 Å². The van der Waals surface area contributed by atoms with Gasteiger partial charge in [-0.1, -0.05) is 38.7 Å². The van der Waals surface area contributed by atoms with Gasteiger partial charge in [-0.15, -0.1) is 0 Å².